The van der Waals surface area contributed by atoms with Gasteiger partial charge in [-0.05, 0) is 49.9 Å². The van der Waals surface area contributed by atoms with Crippen LogP contribution in [-0.2, 0) is 4.74 Å². The number of hydrogen-bond donors (Lipinski definition) is 1. The fourth-order valence-corrected chi connectivity index (χ4v) is 5.50. The normalized spacial score (nSPS) is 39.3. The number of nitrogens with zero attached hydrogens (tertiary/aromatic N) is 1. The quantitative estimate of drug-likeness (QED) is 0.868. The van der Waals surface area contributed by atoms with E-state index in [9.17, 15) is 5.11 Å². The van der Waals surface area contributed by atoms with Crippen LogP contribution in [0.1, 0.15) is 58.8 Å². The van der Waals surface area contributed by atoms with Gasteiger partial charge in [0.15, 0.2) is 0 Å². The summed E-state index contributed by atoms with van der Waals surface area (Å²) in [5.74, 6) is 2.05. The Balaban J connectivity index is 1.76. The predicted octanol–water partition coefficient (Wildman–Crippen LogP) is 3.06. The van der Waals surface area contributed by atoms with Gasteiger partial charge in [-0.2, -0.15) is 0 Å². The van der Waals surface area contributed by atoms with Gasteiger partial charge in [-0.1, -0.05) is 26.7 Å². The van der Waals surface area contributed by atoms with Gasteiger partial charge in [0.25, 0.3) is 0 Å². The summed E-state index contributed by atoms with van der Waals surface area (Å²) in [5.41, 5.74) is 0.0607. The monoisotopic (exact) mass is 295 g/mol. The first-order valence-electron chi connectivity index (χ1n) is 9.12. The van der Waals surface area contributed by atoms with Crippen LogP contribution >= 0.6 is 0 Å². The second kappa shape index (κ2) is 6.55. The van der Waals surface area contributed by atoms with E-state index in [4.69, 9.17) is 4.74 Å². The molecule has 3 aliphatic rings. The van der Waals surface area contributed by atoms with E-state index in [1.165, 1.54) is 44.9 Å². The standard InChI is InChI=1S/C18H33NO2/c1-14-11-15(2)13-16(12-14)17(20)18(5-3-4-6-18)19-7-9-21-10-8-19/h14-17,20H,3-13H2,1-2H3. The van der Waals surface area contributed by atoms with Gasteiger partial charge in [-0.25, -0.2) is 0 Å². The summed E-state index contributed by atoms with van der Waals surface area (Å²) in [7, 11) is 0. The van der Waals surface area contributed by atoms with Crippen molar-refractivity contribution in [3.8, 4) is 0 Å². The number of morpholine rings is 1. The Morgan fingerprint density at radius 1 is 1.00 bits per heavy atom. The molecule has 1 aliphatic heterocycles. The fourth-order valence-electron chi connectivity index (χ4n) is 5.50. The van der Waals surface area contributed by atoms with Crippen molar-refractivity contribution in [1.82, 2.24) is 4.90 Å². The Bertz CT molecular complexity index is 324. The second-order valence-corrected chi connectivity index (χ2v) is 8.03. The van der Waals surface area contributed by atoms with Crippen molar-refractivity contribution in [2.45, 2.75) is 70.4 Å². The zero-order valence-corrected chi connectivity index (χ0v) is 13.9. The highest BCUT2D eigenvalue weighted by Crippen LogP contribution is 2.45. The molecule has 0 aromatic rings. The third kappa shape index (κ3) is 3.16. The van der Waals surface area contributed by atoms with Gasteiger partial charge in [-0.3, -0.25) is 4.90 Å². The van der Waals surface area contributed by atoms with Crippen molar-refractivity contribution in [3.63, 3.8) is 0 Å². The Hall–Kier alpha value is -0.120. The first-order chi connectivity index (χ1) is 10.1. The van der Waals surface area contributed by atoms with Gasteiger partial charge in [-0.15, -0.1) is 0 Å². The van der Waals surface area contributed by atoms with E-state index in [0.29, 0.717) is 5.92 Å². The second-order valence-electron chi connectivity index (χ2n) is 8.03. The average molecular weight is 295 g/mol. The lowest BCUT2D eigenvalue weighted by Crippen LogP contribution is -2.60. The summed E-state index contributed by atoms with van der Waals surface area (Å²) in [6, 6.07) is 0. The van der Waals surface area contributed by atoms with Crippen molar-refractivity contribution < 1.29 is 9.84 Å². The number of aliphatic hydroxyl groups is 1. The number of ether oxygens (including phenoxy) is 1. The highest BCUT2D eigenvalue weighted by molar-refractivity contribution is 5.04. The van der Waals surface area contributed by atoms with Crippen molar-refractivity contribution in [2.24, 2.45) is 17.8 Å². The van der Waals surface area contributed by atoms with Crippen LogP contribution < -0.4 is 0 Å². The van der Waals surface area contributed by atoms with Gasteiger partial charge >= 0.3 is 0 Å². The van der Waals surface area contributed by atoms with Crippen molar-refractivity contribution in [3.05, 3.63) is 0 Å². The van der Waals surface area contributed by atoms with E-state index in [1.807, 2.05) is 0 Å². The highest BCUT2D eigenvalue weighted by atomic mass is 16.5. The summed E-state index contributed by atoms with van der Waals surface area (Å²) < 4.78 is 5.54. The van der Waals surface area contributed by atoms with E-state index in [2.05, 4.69) is 18.7 Å². The minimum absolute atomic E-state index is 0.0607. The minimum atomic E-state index is -0.136. The molecule has 3 heteroatoms. The number of hydrogen-bond acceptors (Lipinski definition) is 3. The molecule has 3 rings (SSSR count). The first kappa shape index (κ1) is 15.8. The molecule has 2 aliphatic carbocycles. The van der Waals surface area contributed by atoms with Crippen LogP contribution in [0.3, 0.4) is 0 Å². The van der Waals surface area contributed by atoms with Crippen molar-refractivity contribution in [1.29, 1.82) is 0 Å². The maximum atomic E-state index is 11.3. The Morgan fingerprint density at radius 2 is 1.57 bits per heavy atom. The fraction of sp³-hybridized carbons (Fsp3) is 1.00. The molecule has 1 heterocycles. The van der Waals surface area contributed by atoms with E-state index < -0.39 is 0 Å². The molecule has 3 unspecified atom stereocenters. The topological polar surface area (TPSA) is 32.7 Å². The molecule has 2 saturated carbocycles. The lowest BCUT2D eigenvalue weighted by atomic mass is 9.69. The van der Waals surface area contributed by atoms with Crippen LogP contribution in [0.2, 0.25) is 0 Å². The van der Waals surface area contributed by atoms with Crippen molar-refractivity contribution in [2.75, 3.05) is 26.3 Å². The number of rotatable bonds is 3. The van der Waals surface area contributed by atoms with Crippen LogP contribution in [0.4, 0.5) is 0 Å². The van der Waals surface area contributed by atoms with Crippen LogP contribution in [0.5, 0.6) is 0 Å². The molecule has 0 aromatic carbocycles. The predicted molar refractivity (Wildman–Crippen MR) is 85.3 cm³/mol. The Morgan fingerprint density at radius 3 is 2.14 bits per heavy atom. The van der Waals surface area contributed by atoms with Crippen LogP contribution in [0.25, 0.3) is 0 Å². The van der Waals surface area contributed by atoms with E-state index >= 15 is 0 Å². The Kier molecular flexibility index (Phi) is 4.92. The molecule has 21 heavy (non-hydrogen) atoms. The van der Waals surface area contributed by atoms with Gasteiger partial charge in [0.05, 0.1) is 19.3 Å². The largest absolute Gasteiger partial charge is 0.391 e. The van der Waals surface area contributed by atoms with Gasteiger partial charge < -0.3 is 9.84 Å². The molecule has 0 bridgehead atoms. The molecule has 3 nitrogen and oxygen atoms in total. The zero-order chi connectivity index (χ0) is 14.9. The lowest BCUT2D eigenvalue weighted by Gasteiger charge is -2.50. The van der Waals surface area contributed by atoms with Crippen LogP contribution in [0.15, 0.2) is 0 Å². The van der Waals surface area contributed by atoms with Gasteiger partial charge in [0, 0.05) is 18.6 Å². The van der Waals surface area contributed by atoms with Crippen molar-refractivity contribution >= 4 is 0 Å². The maximum Gasteiger partial charge on any atom is 0.0752 e. The van der Waals surface area contributed by atoms with Gasteiger partial charge in [0.2, 0.25) is 0 Å². The molecule has 3 atom stereocenters. The maximum absolute atomic E-state index is 11.3. The summed E-state index contributed by atoms with van der Waals surface area (Å²) in [6.07, 6.45) is 8.59. The average Bonchev–Trinajstić information content (AvgIpc) is 2.97. The van der Waals surface area contributed by atoms with Gasteiger partial charge in [0.1, 0.15) is 0 Å². The smallest absolute Gasteiger partial charge is 0.0752 e. The van der Waals surface area contributed by atoms with Crippen LogP contribution in [0, 0.1) is 17.8 Å². The molecule has 3 fully saturated rings. The molecule has 0 radical (unpaired) electrons. The molecule has 0 aromatic heterocycles. The minimum Gasteiger partial charge on any atom is -0.391 e. The summed E-state index contributed by atoms with van der Waals surface area (Å²) in [5, 5.41) is 11.3. The number of aliphatic hydroxyl groups excluding tert-OH is 1. The first-order valence-corrected chi connectivity index (χ1v) is 9.12. The van der Waals surface area contributed by atoms with E-state index in [-0.39, 0.29) is 11.6 Å². The molecule has 122 valence electrons. The molecule has 1 N–H and O–H groups in total. The zero-order valence-electron chi connectivity index (χ0n) is 13.9. The third-order valence-electron chi connectivity index (χ3n) is 6.32. The molecule has 0 amide bonds. The molecular weight excluding hydrogens is 262 g/mol. The SMILES string of the molecule is CC1CC(C)CC(C(O)C2(N3CCOCC3)CCCC2)C1. The van der Waals surface area contributed by atoms with E-state index in [0.717, 1.165) is 38.1 Å². The third-order valence-corrected chi connectivity index (χ3v) is 6.32. The lowest BCUT2D eigenvalue weighted by molar-refractivity contribution is -0.104. The molecule has 1 saturated heterocycles. The van der Waals surface area contributed by atoms with Crippen LogP contribution in [-0.4, -0.2) is 48.0 Å². The van der Waals surface area contributed by atoms with E-state index in [1.54, 1.807) is 0 Å². The summed E-state index contributed by atoms with van der Waals surface area (Å²) >= 11 is 0. The molecular formula is C18H33NO2. The highest BCUT2D eigenvalue weighted by Gasteiger charge is 2.49. The summed E-state index contributed by atoms with van der Waals surface area (Å²) in [4.78, 5) is 2.58. The summed E-state index contributed by atoms with van der Waals surface area (Å²) in [6.45, 7) is 8.43. The Labute approximate surface area is 130 Å². The molecule has 0 spiro atoms.